The van der Waals surface area contributed by atoms with Crippen LogP contribution < -0.4 is 5.32 Å². The van der Waals surface area contributed by atoms with E-state index in [2.05, 4.69) is 21.2 Å². The Morgan fingerprint density at radius 3 is 2.56 bits per heavy atom. The zero-order chi connectivity index (χ0) is 13.1. The van der Waals surface area contributed by atoms with Crippen LogP contribution in [0, 0.1) is 0 Å². The van der Waals surface area contributed by atoms with Gasteiger partial charge in [0.25, 0.3) is 5.91 Å². The zero-order valence-electron chi connectivity index (χ0n) is 9.22. The van der Waals surface area contributed by atoms with Crippen molar-refractivity contribution >= 4 is 27.5 Å². The van der Waals surface area contributed by atoms with Crippen molar-refractivity contribution in [2.45, 2.75) is 0 Å². The molecule has 0 aliphatic heterocycles. The topological polar surface area (TPSA) is 69.6 Å². The van der Waals surface area contributed by atoms with Crippen LogP contribution >= 0.6 is 15.9 Å². The summed E-state index contributed by atoms with van der Waals surface area (Å²) in [5.41, 5.74) is 0.717. The first-order chi connectivity index (χ1) is 8.56. The summed E-state index contributed by atoms with van der Waals surface area (Å²) in [4.78, 5) is 11.9. The Morgan fingerprint density at radius 2 is 1.89 bits per heavy atom. The van der Waals surface area contributed by atoms with E-state index in [0.717, 1.165) is 10.5 Å². The molecule has 0 saturated carbocycles. The van der Waals surface area contributed by atoms with Crippen molar-refractivity contribution in [3.8, 4) is 11.5 Å². The molecule has 0 fully saturated rings. The molecular weight excluding hydrogens is 298 g/mol. The number of anilines is 1. The summed E-state index contributed by atoms with van der Waals surface area (Å²) in [6.07, 6.45) is 0. The summed E-state index contributed by atoms with van der Waals surface area (Å²) in [5.74, 6) is -0.792. The van der Waals surface area contributed by atoms with Gasteiger partial charge in [-0.1, -0.05) is 22.0 Å². The summed E-state index contributed by atoms with van der Waals surface area (Å²) in [5, 5.41) is 21.4. The maximum atomic E-state index is 11.9. The van der Waals surface area contributed by atoms with Crippen LogP contribution in [0.3, 0.4) is 0 Å². The number of phenols is 2. The SMILES string of the molecule is O=C(Nc1cccc(Br)c1)c1ccc(O)cc1O. The average Bonchev–Trinajstić information content (AvgIpc) is 2.28. The molecule has 2 rings (SSSR count). The normalized spacial score (nSPS) is 10.1. The molecule has 5 heteroatoms. The number of aromatic hydroxyl groups is 2. The maximum Gasteiger partial charge on any atom is 0.259 e. The van der Waals surface area contributed by atoms with E-state index in [0.29, 0.717) is 5.69 Å². The largest absolute Gasteiger partial charge is 0.508 e. The maximum absolute atomic E-state index is 11.9. The Bertz CT molecular complexity index is 599. The van der Waals surface area contributed by atoms with Crippen LogP contribution in [0.1, 0.15) is 10.4 Å². The van der Waals surface area contributed by atoms with Gasteiger partial charge in [0.2, 0.25) is 0 Å². The van der Waals surface area contributed by atoms with Gasteiger partial charge >= 0.3 is 0 Å². The third-order valence-electron chi connectivity index (χ3n) is 2.31. The number of hydrogen-bond acceptors (Lipinski definition) is 3. The van der Waals surface area contributed by atoms with E-state index in [1.54, 1.807) is 18.2 Å². The fraction of sp³-hybridized carbons (Fsp3) is 0. The highest BCUT2D eigenvalue weighted by molar-refractivity contribution is 9.10. The zero-order valence-corrected chi connectivity index (χ0v) is 10.8. The summed E-state index contributed by atoms with van der Waals surface area (Å²) < 4.78 is 0.843. The van der Waals surface area contributed by atoms with Crippen molar-refractivity contribution in [1.29, 1.82) is 0 Å². The molecule has 0 aliphatic carbocycles. The minimum absolute atomic E-state index is 0.0912. The van der Waals surface area contributed by atoms with Crippen molar-refractivity contribution < 1.29 is 15.0 Å². The molecule has 0 bridgehead atoms. The molecule has 2 aromatic carbocycles. The first-order valence-electron chi connectivity index (χ1n) is 5.15. The second-order valence-electron chi connectivity index (χ2n) is 3.67. The Balaban J connectivity index is 2.22. The molecule has 0 aliphatic rings. The molecule has 0 saturated heterocycles. The monoisotopic (exact) mass is 307 g/mol. The van der Waals surface area contributed by atoms with E-state index in [-0.39, 0.29) is 17.1 Å². The molecule has 4 nitrogen and oxygen atoms in total. The molecule has 0 spiro atoms. The molecule has 0 atom stereocenters. The lowest BCUT2D eigenvalue weighted by molar-refractivity contribution is 0.102. The summed E-state index contributed by atoms with van der Waals surface area (Å²) in [6.45, 7) is 0. The van der Waals surface area contributed by atoms with Gasteiger partial charge in [-0.05, 0) is 30.3 Å². The van der Waals surface area contributed by atoms with Gasteiger partial charge in [-0.2, -0.15) is 0 Å². The third kappa shape index (κ3) is 2.81. The van der Waals surface area contributed by atoms with Gasteiger partial charge in [0.05, 0.1) is 5.56 Å². The number of carbonyl (C=O) groups excluding carboxylic acids is 1. The summed E-state index contributed by atoms with van der Waals surface area (Å²) in [6, 6.07) is 10.9. The fourth-order valence-electron chi connectivity index (χ4n) is 1.48. The molecule has 92 valence electrons. The molecule has 1 amide bonds. The minimum Gasteiger partial charge on any atom is -0.508 e. The second kappa shape index (κ2) is 5.10. The van der Waals surface area contributed by atoms with Gasteiger partial charge in [-0.25, -0.2) is 0 Å². The van der Waals surface area contributed by atoms with E-state index in [1.165, 1.54) is 12.1 Å². The Hall–Kier alpha value is -2.01. The number of phenolic OH excluding ortho intramolecular Hbond substituents is 2. The van der Waals surface area contributed by atoms with Crippen molar-refractivity contribution in [2.24, 2.45) is 0 Å². The van der Waals surface area contributed by atoms with Gasteiger partial charge in [0, 0.05) is 16.2 Å². The number of nitrogens with one attached hydrogen (secondary N) is 1. The quantitative estimate of drug-likeness (QED) is 0.798. The third-order valence-corrected chi connectivity index (χ3v) is 2.80. The van der Waals surface area contributed by atoms with Crippen molar-refractivity contribution in [2.75, 3.05) is 5.32 Å². The van der Waals surface area contributed by atoms with E-state index in [4.69, 9.17) is 5.11 Å². The predicted molar refractivity (Wildman–Crippen MR) is 71.9 cm³/mol. The Labute approximate surface area is 112 Å². The van der Waals surface area contributed by atoms with E-state index >= 15 is 0 Å². The lowest BCUT2D eigenvalue weighted by atomic mass is 10.1. The highest BCUT2D eigenvalue weighted by Crippen LogP contribution is 2.24. The molecule has 0 heterocycles. The van der Waals surface area contributed by atoms with E-state index in [1.807, 2.05) is 6.07 Å². The number of rotatable bonds is 2. The smallest absolute Gasteiger partial charge is 0.259 e. The number of carbonyl (C=O) groups is 1. The van der Waals surface area contributed by atoms with Crippen molar-refractivity contribution in [3.05, 3.63) is 52.5 Å². The van der Waals surface area contributed by atoms with Crippen LogP contribution in [0.4, 0.5) is 5.69 Å². The average molecular weight is 308 g/mol. The Morgan fingerprint density at radius 1 is 1.11 bits per heavy atom. The van der Waals surface area contributed by atoms with Gasteiger partial charge in [0.15, 0.2) is 0 Å². The highest BCUT2D eigenvalue weighted by atomic mass is 79.9. The molecular formula is C13H10BrNO3. The van der Waals surface area contributed by atoms with Crippen molar-refractivity contribution in [1.82, 2.24) is 0 Å². The molecule has 2 aromatic rings. The van der Waals surface area contributed by atoms with Gasteiger partial charge in [-0.3, -0.25) is 4.79 Å². The number of benzene rings is 2. The first kappa shape index (κ1) is 12.4. The summed E-state index contributed by atoms with van der Waals surface area (Å²) in [7, 11) is 0. The van der Waals surface area contributed by atoms with Crippen LogP contribution in [0.25, 0.3) is 0 Å². The molecule has 0 radical (unpaired) electrons. The molecule has 0 aromatic heterocycles. The van der Waals surface area contributed by atoms with E-state index in [9.17, 15) is 9.90 Å². The fourth-order valence-corrected chi connectivity index (χ4v) is 1.88. The lowest BCUT2D eigenvalue weighted by Crippen LogP contribution is -2.11. The number of hydrogen-bond donors (Lipinski definition) is 3. The van der Waals surface area contributed by atoms with Gasteiger partial charge in [-0.15, -0.1) is 0 Å². The first-order valence-corrected chi connectivity index (χ1v) is 5.94. The minimum atomic E-state index is -0.439. The van der Waals surface area contributed by atoms with Crippen LogP contribution in [-0.4, -0.2) is 16.1 Å². The predicted octanol–water partition coefficient (Wildman–Crippen LogP) is 3.11. The van der Waals surface area contributed by atoms with Crippen LogP contribution in [-0.2, 0) is 0 Å². The lowest BCUT2D eigenvalue weighted by Gasteiger charge is -2.07. The van der Waals surface area contributed by atoms with Gasteiger partial charge in [0.1, 0.15) is 11.5 Å². The van der Waals surface area contributed by atoms with Crippen LogP contribution in [0.15, 0.2) is 46.9 Å². The highest BCUT2D eigenvalue weighted by Gasteiger charge is 2.11. The standard InChI is InChI=1S/C13H10BrNO3/c14-8-2-1-3-9(6-8)15-13(18)11-5-4-10(16)7-12(11)17/h1-7,16-17H,(H,15,18). The van der Waals surface area contributed by atoms with Crippen LogP contribution in [0.2, 0.25) is 0 Å². The Kier molecular flexibility index (Phi) is 3.53. The molecule has 18 heavy (non-hydrogen) atoms. The summed E-state index contributed by atoms with van der Waals surface area (Å²) >= 11 is 3.30. The molecule has 3 N–H and O–H groups in total. The van der Waals surface area contributed by atoms with Crippen LogP contribution in [0.5, 0.6) is 11.5 Å². The van der Waals surface area contributed by atoms with Gasteiger partial charge < -0.3 is 15.5 Å². The van der Waals surface area contributed by atoms with Crippen molar-refractivity contribution in [3.63, 3.8) is 0 Å². The van der Waals surface area contributed by atoms with E-state index < -0.39 is 5.91 Å². The second-order valence-corrected chi connectivity index (χ2v) is 4.58. The number of halogens is 1. The molecule has 0 unspecified atom stereocenters. The number of amides is 1.